The van der Waals surface area contributed by atoms with Crippen molar-refractivity contribution in [3.63, 3.8) is 0 Å². The van der Waals surface area contributed by atoms with Crippen LogP contribution in [-0.4, -0.2) is 40.1 Å². The molecule has 0 fully saturated rings. The molecule has 0 spiro atoms. The fraction of sp³-hybridized carbons (Fsp3) is 0.500. The largest absolute Gasteiger partial charge is 0.460 e. The van der Waals surface area contributed by atoms with Crippen LogP contribution in [0.15, 0.2) is 18.2 Å². The van der Waals surface area contributed by atoms with Crippen LogP contribution in [0.25, 0.3) is 10.9 Å². The Balaban J connectivity index is 1.70. The molecule has 1 amide bonds. The summed E-state index contributed by atoms with van der Waals surface area (Å²) in [7, 11) is 0. The maximum atomic E-state index is 12.3. The second-order valence-corrected chi connectivity index (χ2v) is 7.75. The number of esters is 1. The minimum atomic E-state index is -0.439. The summed E-state index contributed by atoms with van der Waals surface area (Å²) in [5.41, 5.74) is 6.61. The molecule has 1 aromatic carbocycles. The van der Waals surface area contributed by atoms with Crippen LogP contribution in [0.2, 0.25) is 0 Å². The van der Waals surface area contributed by atoms with E-state index in [9.17, 15) is 9.59 Å². The Morgan fingerprint density at radius 1 is 1.21 bits per heavy atom. The second-order valence-electron chi connectivity index (χ2n) is 7.75. The fourth-order valence-corrected chi connectivity index (χ4v) is 2.79. The van der Waals surface area contributed by atoms with Crippen LogP contribution in [0.4, 0.5) is 0 Å². The minimum Gasteiger partial charge on any atom is -0.460 e. The van der Waals surface area contributed by atoms with E-state index in [0.29, 0.717) is 35.1 Å². The number of aromatic nitrogens is 2. The molecule has 0 saturated carbocycles. The highest BCUT2D eigenvalue weighted by atomic mass is 16.6. The number of fused-ring (bicyclic) bond motifs is 1. The Hall–Kier alpha value is -2.90. The van der Waals surface area contributed by atoms with Gasteiger partial charge in [-0.3, -0.25) is 20.1 Å². The van der Waals surface area contributed by atoms with Gasteiger partial charge in [-0.15, -0.1) is 0 Å². The Morgan fingerprint density at radius 3 is 2.61 bits per heavy atom. The number of hydrogen-bond acceptors (Lipinski definition) is 5. The minimum absolute atomic E-state index is 0.0332. The number of unbranched alkanes of at least 4 members (excludes halogenated alkanes) is 3. The quantitative estimate of drug-likeness (QED) is 0.227. The Kier molecular flexibility index (Phi) is 7.14. The fourth-order valence-electron chi connectivity index (χ4n) is 2.79. The van der Waals surface area contributed by atoms with Crippen molar-refractivity contribution in [2.45, 2.75) is 58.5 Å². The molecule has 1 aromatic heterocycles. The summed E-state index contributed by atoms with van der Waals surface area (Å²) in [5.74, 6) is -0.441. The molecular weight excluding hydrogens is 358 g/mol. The Labute approximate surface area is 164 Å². The number of nitrogens with zero attached hydrogens (tertiary/aromatic N) is 1. The van der Waals surface area contributed by atoms with Gasteiger partial charge in [-0.1, -0.05) is 18.9 Å². The third-order valence-electron chi connectivity index (χ3n) is 4.10. The lowest BCUT2D eigenvalue weighted by molar-refractivity contribution is -0.154. The average Bonchev–Trinajstić information content (AvgIpc) is 3.02. The van der Waals surface area contributed by atoms with Crippen molar-refractivity contribution < 1.29 is 14.3 Å². The zero-order chi connectivity index (χ0) is 20.7. The maximum Gasteiger partial charge on any atom is 0.306 e. The molecule has 0 radical (unpaired) electrons. The van der Waals surface area contributed by atoms with Crippen LogP contribution in [0.1, 0.15) is 68.9 Å². The first-order chi connectivity index (χ1) is 13.2. The number of aromatic amines is 1. The first-order valence-corrected chi connectivity index (χ1v) is 9.50. The van der Waals surface area contributed by atoms with E-state index in [-0.39, 0.29) is 17.7 Å². The van der Waals surface area contributed by atoms with Crippen molar-refractivity contribution in [1.82, 2.24) is 15.5 Å². The molecule has 1 heterocycles. The highest BCUT2D eigenvalue weighted by Gasteiger charge is 2.16. The number of amidine groups is 1. The van der Waals surface area contributed by atoms with Gasteiger partial charge in [0.15, 0.2) is 5.69 Å². The van der Waals surface area contributed by atoms with Gasteiger partial charge in [0.25, 0.3) is 5.91 Å². The summed E-state index contributed by atoms with van der Waals surface area (Å²) in [6.07, 6.45) is 3.87. The molecule has 0 saturated heterocycles. The van der Waals surface area contributed by atoms with Gasteiger partial charge < -0.3 is 15.8 Å². The van der Waals surface area contributed by atoms with E-state index in [1.54, 1.807) is 18.2 Å². The van der Waals surface area contributed by atoms with Gasteiger partial charge in [0.05, 0.1) is 5.52 Å². The van der Waals surface area contributed by atoms with Crippen LogP contribution < -0.4 is 11.1 Å². The topological polar surface area (TPSA) is 134 Å². The van der Waals surface area contributed by atoms with Gasteiger partial charge >= 0.3 is 5.97 Å². The van der Waals surface area contributed by atoms with Crippen molar-refractivity contribution >= 4 is 28.6 Å². The summed E-state index contributed by atoms with van der Waals surface area (Å²) < 4.78 is 5.27. The van der Waals surface area contributed by atoms with E-state index >= 15 is 0 Å². The molecule has 5 N–H and O–H groups in total. The monoisotopic (exact) mass is 387 g/mol. The van der Waals surface area contributed by atoms with Gasteiger partial charge in [-0.25, -0.2) is 0 Å². The van der Waals surface area contributed by atoms with E-state index < -0.39 is 5.60 Å². The van der Waals surface area contributed by atoms with Crippen molar-refractivity contribution in [2.24, 2.45) is 5.73 Å². The normalized spacial score (nSPS) is 11.4. The molecule has 0 atom stereocenters. The van der Waals surface area contributed by atoms with Crippen molar-refractivity contribution in [3.8, 4) is 0 Å². The summed E-state index contributed by atoms with van der Waals surface area (Å²) in [6, 6.07) is 5.13. The molecular formula is C20H29N5O3. The number of hydrogen-bond donors (Lipinski definition) is 4. The third kappa shape index (κ3) is 6.37. The standard InChI is InChI=1S/C20H29N5O3/c1-20(2,3)28-16(26)8-6-4-5-7-11-23-19(27)17-14-10-9-13(18(21)22)12-15(14)24-25-17/h9-10,12H,4-8,11H2,1-3H3,(H3,21,22)(H,23,27)(H,24,25). The second kappa shape index (κ2) is 9.34. The molecule has 152 valence electrons. The summed E-state index contributed by atoms with van der Waals surface area (Å²) in [6.45, 7) is 6.13. The summed E-state index contributed by atoms with van der Waals surface area (Å²) in [5, 5.41) is 17.9. The zero-order valence-electron chi connectivity index (χ0n) is 16.7. The highest BCUT2D eigenvalue weighted by molar-refractivity contribution is 6.06. The lowest BCUT2D eigenvalue weighted by atomic mass is 10.1. The molecule has 2 aromatic rings. The smallest absolute Gasteiger partial charge is 0.306 e. The lowest BCUT2D eigenvalue weighted by Gasteiger charge is -2.19. The van der Waals surface area contributed by atoms with Crippen LogP contribution in [0.5, 0.6) is 0 Å². The summed E-state index contributed by atoms with van der Waals surface area (Å²) >= 11 is 0. The molecule has 0 aliphatic rings. The Bertz CT molecular complexity index is 851. The number of benzene rings is 1. The van der Waals surface area contributed by atoms with Crippen LogP contribution in [0, 0.1) is 5.41 Å². The first-order valence-electron chi connectivity index (χ1n) is 9.50. The van der Waals surface area contributed by atoms with Gasteiger partial charge in [0.2, 0.25) is 0 Å². The van der Waals surface area contributed by atoms with Crippen LogP contribution >= 0.6 is 0 Å². The van der Waals surface area contributed by atoms with Crippen molar-refractivity contribution in [1.29, 1.82) is 5.41 Å². The average molecular weight is 387 g/mol. The van der Waals surface area contributed by atoms with Crippen LogP contribution in [0.3, 0.4) is 0 Å². The van der Waals surface area contributed by atoms with Gasteiger partial charge in [0, 0.05) is 23.9 Å². The van der Waals surface area contributed by atoms with Crippen molar-refractivity contribution in [2.75, 3.05) is 6.54 Å². The number of nitrogen functional groups attached to an aromatic ring is 1. The van der Waals surface area contributed by atoms with E-state index in [2.05, 4.69) is 15.5 Å². The molecule has 0 aliphatic carbocycles. The van der Waals surface area contributed by atoms with Gasteiger partial charge in [-0.2, -0.15) is 5.10 Å². The molecule has 2 rings (SSSR count). The maximum absolute atomic E-state index is 12.3. The molecule has 0 aliphatic heterocycles. The van der Waals surface area contributed by atoms with Gasteiger partial charge in [0.1, 0.15) is 11.4 Å². The molecule has 0 unspecified atom stereocenters. The first kappa shape index (κ1) is 21.4. The SMILES string of the molecule is CC(C)(C)OC(=O)CCCCCCNC(=O)c1n[nH]c2cc(C(=N)N)ccc12. The number of carbonyl (C=O) groups excluding carboxylic acids is 2. The predicted octanol–water partition coefficient (Wildman–Crippen LogP) is 2.87. The third-order valence-corrected chi connectivity index (χ3v) is 4.10. The number of rotatable bonds is 9. The molecule has 28 heavy (non-hydrogen) atoms. The van der Waals surface area contributed by atoms with Crippen molar-refractivity contribution in [3.05, 3.63) is 29.5 Å². The highest BCUT2D eigenvalue weighted by Crippen LogP contribution is 2.17. The van der Waals surface area contributed by atoms with Gasteiger partial charge in [-0.05, 0) is 45.7 Å². The summed E-state index contributed by atoms with van der Waals surface area (Å²) in [4.78, 5) is 24.0. The number of carbonyl (C=O) groups is 2. The van der Waals surface area contributed by atoms with E-state index in [1.165, 1.54) is 0 Å². The van der Waals surface area contributed by atoms with E-state index in [0.717, 1.165) is 25.7 Å². The number of nitrogens with one attached hydrogen (secondary N) is 3. The molecule has 8 nitrogen and oxygen atoms in total. The zero-order valence-corrected chi connectivity index (χ0v) is 16.7. The van der Waals surface area contributed by atoms with E-state index in [4.69, 9.17) is 15.9 Å². The molecule has 0 bridgehead atoms. The molecule has 8 heteroatoms. The number of ether oxygens (including phenoxy) is 1. The lowest BCUT2D eigenvalue weighted by Crippen LogP contribution is -2.25. The number of nitrogens with two attached hydrogens (primary N) is 1. The van der Waals surface area contributed by atoms with E-state index in [1.807, 2.05) is 20.8 Å². The number of amides is 1. The predicted molar refractivity (Wildman–Crippen MR) is 108 cm³/mol. The van der Waals surface area contributed by atoms with Crippen LogP contribution in [-0.2, 0) is 9.53 Å². The number of H-pyrrole nitrogens is 1. The Morgan fingerprint density at radius 2 is 1.93 bits per heavy atom.